The molecule has 2 rings (SSSR count). The van der Waals surface area contributed by atoms with Gasteiger partial charge in [0.15, 0.2) is 0 Å². The Morgan fingerprint density at radius 2 is 2.12 bits per heavy atom. The zero-order chi connectivity index (χ0) is 12.3. The van der Waals surface area contributed by atoms with Crippen LogP contribution in [0.3, 0.4) is 0 Å². The van der Waals surface area contributed by atoms with Crippen LogP contribution in [-0.4, -0.2) is 16.8 Å². The predicted molar refractivity (Wildman–Crippen MR) is 66.0 cm³/mol. The van der Waals surface area contributed by atoms with Crippen LogP contribution in [0.5, 0.6) is 0 Å². The standard InChI is InChI=1S/C13H15FO2S/c14-10-5-6-12(11(7-10)13(15)16)17-8-9-3-1-2-4-9/h5-7,9H,1-4,8H2,(H,15,16). The number of hydrogen-bond acceptors (Lipinski definition) is 2. The predicted octanol–water partition coefficient (Wildman–Crippen LogP) is 3.81. The monoisotopic (exact) mass is 254 g/mol. The van der Waals surface area contributed by atoms with Crippen molar-refractivity contribution in [2.45, 2.75) is 30.6 Å². The molecule has 0 saturated heterocycles. The van der Waals surface area contributed by atoms with E-state index in [1.165, 1.54) is 43.5 Å². The molecule has 0 heterocycles. The van der Waals surface area contributed by atoms with Crippen LogP contribution in [0.4, 0.5) is 4.39 Å². The lowest BCUT2D eigenvalue weighted by molar-refractivity contribution is 0.0692. The summed E-state index contributed by atoms with van der Waals surface area (Å²) in [7, 11) is 0. The molecule has 0 atom stereocenters. The van der Waals surface area contributed by atoms with Crippen LogP contribution in [0.2, 0.25) is 0 Å². The van der Waals surface area contributed by atoms with Crippen molar-refractivity contribution >= 4 is 17.7 Å². The Bertz CT molecular complexity index is 414. The zero-order valence-corrected chi connectivity index (χ0v) is 10.3. The quantitative estimate of drug-likeness (QED) is 0.830. The fraction of sp³-hybridized carbons (Fsp3) is 0.462. The largest absolute Gasteiger partial charge is 0.478 e. The number of carboxylic acids is 1. The van der Waals surface area contributed by atoms with Gasteiger partial charge in [0, 0.05) is 10.6 Å². The number of thioether (sulfide) groups is 1. The average molecular weight is 254 g/mol. The van der Waals surface area contributed by atoms with E-state index >= 15 is 0 Å². The van der Waals surface area contributed by atoms with Crippen LogP contribution in [0.15, 0.2) is 23.1 Å². The van der Waals surface area contributed by atoms with Gasteiger partial charge < -0.3 is 5.11 Å². The van der Waals surface area contributed by atoms with Crippen molar-refractivity contribution < 1.29 is 14.3 Å². The molecule has 0 aliphatic heterocycles. The third-order valence-electron chi connectivity index (χ3n) is 3.12. The normalized spacial score (nSPS) is 16.3. The molecule has 0 amide bonds. The SMILES string of the molecule is O=C(O)c1cc(F)ccc1SCC1CCCC1. The van der Waals surface area contributed by atoms with Gasteiger partial charge in [0.25, 0.3) is 0 Å². The molecule has 17 heavy (non-hydrogen) atoms. The number of carboxylic acid groups (broad SMARTS) is 1. The van der Waals surface area contributed by atoms with Gasteiger partial charge >= 0.3 is 5.97 Å². The second kappa shape index (κ2) is 5.54. The van der Waals surface area contributed by atoms with E-state index in [9.17, 15) is 9.18 Å². The van der Waals surface area contributed by atoms with E-state index in [4.69, 9.17) is 5.11 Å². The van der Waals surface area contributed by atoms with Gasteiger partial charge in [-0.15, -0.1) is 11.8 Å². The summed E-state index contributed by atoms with van der Waals surface area (Å²) in [5.74, 6) is 0.0732. The molecule has 4 heteroatoms. The van der Waals surface area contributed by atoms with E-state index in [1.807, 2.05) is 0 Å². The molecule has 1 N–H and O–H groups in total. The zero-order valence-electron chi connectivity index (χ0n) is 9.49. The van der Waals surface area contributed by atoms with E-state index < -0.39 is 11.8 Å². The lowest BCUT2D eigenvalue weighted by Gasteiger charge is -2.10. The molecule has 0 aromatic heterocycles. The fourth-order valence-electron chi connectivity index (χ4n) is 2.18. The molecule has 0 spiro atoms. The van der Waals surface area contributed by atoms with Crippen LogP contribution in [0, 0.1) is 11.7 Å². The molecule has 1 saturated carbocycles. The maximum absolute atomic E-state index is 13.0. The molecule has 1 aliphatic rings. The fourth-order valence-corrected chi connectivity index (χ4v) is 3.39. The molecule has 1 aromatic rings. The van der Waals surface area contributed by atoms with Crippen LogP contribution < -0.4 is 0 Å². The lowest BCUT2D eigenvalue weighted by atomic mass is 10.1. The van der Waals surface area contributed by atoms with Crippen molar-refractivity contribution in [3.05, 3.63) is 29.6 Å². The van der Waals surface area contributed by atoms with Crippen LogP contribution in [-0.2, 0) is 0 Å². The van der Waals surface area contributed by atoms with Gasteiger partial charge in [0.05, 0.1) is 5.56 Å². The molecule has 1 fully saturated rings. The summed E-state index contributed by atoms with van der Waals surface area (Å²) in [5, 5.41) is 9.00. The van der Waals surface area contributed by atoms with Gasteiger partial charge in [-0.3, -0.25) is 0 Å². The Labute approximate surface area is 104 Å². The van der Waals surface area contributed by atoms with Crippen LogP contribution >= 0.6 is 11.8 Å². The molecule has 92 valence electrons. The second-order valence-electron chi connectivity index (χ2n) is 4.41. The van der Waals surface area contributed by atoms with Crippen LogP contribution in [0.1, 0.15) is 36.0 Å². The Hall–Kier alpha value is -1.03. The topological polar surface area (TPSA) is 37.3 Å². The van der Waals surface area contributed by atoms with Gasteiger partial charge in [0.1, 0.15) is 5.82 Å². The summed E-state index contributed by atoms with van der Waals surface area (Å²) < 4.78 is 13.0. The molecule has 2 nitrogen and oxygen atoms in total. The highest BCUT2D eigenvalue weighted by molar-refractivity contribution is 7.99. The number of carbonyl (C=O) groups is 1. The van der Waals surface area contributed by atoms with Crippen molar-refractivity contribution in [2.24, 2.45) is 5.92 Å². The molecule has 1 aliphatic carbocycles. The van der Waals surface area contributed by atoms with Crippen LogP contribution in [0.25, 0.3) is 0 Å². The molecule has 0 unspecified atom stereocenters. The molecule has 0 radical (unpaired) electrons. The second-order valence-corrected chi connectivity index (χ2v) is 5.47. The number of benzene rings is 1. The Balaban J connectivity index is 2.06. The van der Waals surface area contributed by atoms with Gasteiger partial charge in [-0.2, -0.15) is 0 Å². The molecule has 1 aromatic carbocycles. The first-order valence-corrected chi connectivity index (χ1v) is 6.81. The number of aromatic carboxylic acids is 1. The summed E-state index contributed by atoms with van der Waals surface area (Å²) in [6, 6.07) is 3.99. The minimum Gasteiger partial charge on any atom is -0.478 e. The van der Waals surface area contributed by atoms with E-state index in [2.05, 4.69) is 0 Å². The molecular formula is C13H15FO2S. The highest BCUT2D eigenvalue weighted by Gasteiger charge is 2.17. The van der Waals surface area contributed by atoms with Crippen molar-refractivity contribution in [3.63, 3.8) is 0 Å². The first-order chi connectivity index (χ1) is 8.16. The number of halogens is 1. The van der Waals surface area contributed by atoms with E-state index in [1.54, 1.807) is 6.07 Å². The maximum Gasteiger partial charge on any atom is 0.336 e. The van der Waals surface area contributed by atoms with E-state index in [-0.39, 0.29) is 5.56 Å². The van der Waals surface area contributed by atoms with E-state index in [0.29, 0.717) is 10.8 Å². The summed E-state index contributed by atoms with van der Waals surface area (Å²) in [4.78, 5) is 11.7. The number of rotatable bonds is 4. The summed E-state index contributed by atoms with van der Waals surface area (Å²) in [6.45, 7) is 0. The van der Waals surface area contributed by atoms with Crippen molar-refractivity contribution in [3.8, 4) is 0 Å². The molecular weight excluding hydrogens is 239 g/mol. The highest BCUT2D eigenvalue weighted by atomic mass is 32.2. The van der Waals surface area contributed by atoms with Gasteiger partial charge in [-0.05, 0) is 37.0 Å². The van der Waals surface area contributed by atoms with Gasteiger partial charge in [-0.1, -0.05) is 12.8 Å². The third-order valence-corrected chi connectivity index (χ3v) is 4.43. The third kappa shape index (κ3) is 3.22. The lowest BCUT2D eigenvalue weighted by Crippen LogP contribution is -2.02. The molecule has 0 bridgehead atoms. The summed E-state index contributed by atoms with van der Waals surface area (Å²) in [6.07, 6.45) is 5.02. The highest BCUT2D eigenvalue weighted by Crippen LogP contribution is 2.32. The Morgan fingerprint density at radius 3 is 2.76 bits per heavy atom. The minimum absolute atomic E-state index is 0.0768. The number of hydrogen-bond donors (Lipinski definition) is 1. The smallest absolute Gasteiger partial charge is 0.336 e. The van der Waals surface area contributed by atoms with Gasteiger partial charge in [0.2, 0.25) is 0 Å². The average Bonchev–Trinajstić information content (AvgIpc) is 2.80. The van der Waals surface area contributed by atoms with Crippen molar-refractivity contribution in [2.75, 3.05) is 5.75 Å². The summed E-state index contributed by atoms with van der Waals surface area (Å²) in [5.41, 5.74) is 0.0768. The Morgan fingerprint density at radius 1 is 1.41 bits per heavy atom. The maximum atomic E-state index is 13.0. The van der Waals surface area contributed by atoms with Crippen molar-refractivity contribution in [1.82, 2.24) is 0 Å². The minimum atomic E-state index is -1.06. The van der Waals surface area contributed by atoms with Gasteiger partial charge in [-0.25, -0.2) is 9.18 Å². The first kappa shape index (κ1) is 12.4. The first-order valence-electron chi connectivity index (χ1n) is 5.82. The van der Waals surface area contributed by atoms with E-state index in [0.717, 1.165) is 11.8 Å². The summed E-state index contributed by atoms with van der Waals surface area (Å²) >= 11 is 1.53. The van der Waals surface area contributed by atoms with Crippen molar-refractivity contribution in [1.29, 1.82) is 0 Å². The Kier molecular flexibility index (Phi) is 4.05.